The molecule has 0 N–H and O–H groups in total. The summed E-state index contributed by atoms with van der Waals surface area (Å²) in [6.45, 7) is 0.141. The summed E-state index contributed by atoms with van der Waals surface area (Å²) in [7, 11) is 3.20. The predicted octanol–water partition coefficient (Wildman–Crippen LogP) is 2.58. The molecule has 0 aliphatic carbocycles. The number of benzene rings is 1. The van der Waals surface area contributed by atoms with Crippen molar-refractivity contribution in [3.05, 3.63) is 41.2 Å². The molecule has 0 bridgehead atoms. The molecule has 0 saturated carbocycles. The van der Waals surface area contributed by atoms with Crippen LogP contribution in [0.2, 0.25) is 5.02 Å². The second kappa shape index (κ2) is 5.40. The van der Waals surface area contributed by atoms with Crippen LogP contribution >= 0.6 is 22.3 Å². The monoisotopic (exact) mass is 320 g/mol. The molecule has 102 valence electrons. The van der Waals surface area contributed by atoms with E-state index in [0.29, 0.717) is 5.69 Å². The summed E-state index contributed by atoms with van der Waals surface area (Å²) < 4.78 is 29.9. The van der Waals surface area contributed by atoms with Gasteiger partial charge in [-0.15, -0.1) is 0 Å². The first kappa shape index (κ1) is 14.2. The van der Waals surface area contributed by atoms with Crippen LogP contribution in [-0.4, -0.2) is 18.2 Å². The third-order valence-electron chi connectivity index (χ3n) is 2.31. The summed E-state index contributed by atoms with van der Waals surface area (Å²) in [6.07, 6.45) is 1.76. The van der Waals surface area contributed by atoms with Crippen LogP contribution in [-0.2, 0) is 22.7 Å². The lowest BCUT2D eigenvalue weighted by atomic mass is 10.3. The van der Waals surface area contributed by atoms with Crippen LogP contribution < -0.4 is 4.74 Å². The Bertz CT molecular complexity index is 698. The van der Waals surface area contributed by atoms with Crippen LogP contribution in [0.1, 0.15) is 5.69 Å². The minimum Gasteiger partial charge on any atom is -0.486 e. The largest absolute Gasteiger partial charge is 0.486 e. The molecular weight excluding hydrogens is 311 g/mol. The van der Waals surface area contributed by atoms with Gasteiger partial charge in [0.15, 0.2) is 0 Å². The van der Waals surface area contributed by atoms with E-state index in [1.54, 1.807) is 24.0 Å². The van der Waals surface area contributed by atoms with Gasteiger partial charge in [0, 0.05) is 28.9 Å². The summed E-state index contributed by atoms with van der Waals surface area (Å²) in [5.41, 5.74) is 0.676. The summed E-state index contributed by atoms with van der Waals surface area (Å²) >= 11 is 5.75. The Labute approximate surface area is 120 Å². The second-order valence-corrected chi connectivity index (χ2v) is 6.77. The Kier molecular flexibility index (Phi) is 4.03. The number of hydrogen-bond acceptors (Lipinski definition) is 4. The van der Waals surface area contributed by atoms with Gasteiger partial charge in [-0.25, -0.2) is 8.42 Å². The molecule has 0 aliphatic rings. The number of nitrogens with zero attached hydrogens (tertiary/aromatic N) is 2. The van der Waals surface area contributed by atoms with Gasteiger partial charge in [0.1, 0.15) is 17.3 Å². The molecule has 1 aromatic heterocycles. The molecule has 0 unspecified atom stereocenters. The van der Waals surface area contributed by atoms with Gasteiger partial charge in [0.2, 0.25) is 0 Å². The molecule has 2 aromatic rings. The highest BCUT2D eigenvalue weighted by Gasteiger charge is 2.17. The Balaban J connectivity index is 2.25. The Hall–Kier alpha value is -1.24. The average Bonchev–Trinajstić information content (AvgIpc) is 2.72. The normalized spacial score (nSPS) is 11.5. The third-order valence-corrected chi connectivity index (χ3v) is 3.89. The van der Waals surface area contributed by atoms with Gasteiger partial charge in [0.05, 0.1) is 5.69 Å². The van der Waals surface area contributed by atoms with Gasteiger partial charge < -0.3 is 4.74 Å². The maximum absolute atomic E-state index is 11.4. The number of ether oxygens (including phenoxy) is 1. The lowest BCUT2D eigenvalue weighted by Gasteiger charge is -2.08. The summed E-state index contributed by atoms with van der Waals surface area (Å²) in [5, 5.41) is 4.39. The van der Waals surface area contributed by atoms with Crippen molar-refractivity contribution in [2.24, 2.45) is 7.05 Å². The van der Waals surface area contributed by atoms with Crippen LogP contribution in [0.3, 0.4) is 0 Å². The van der Waals surface area contributed by atoms with Gasteiger partial charge in [-0.1, -0.05) is 11.6 Å². The van der Waals surface area contributed by atoms with Crippen LogP contribution in [0, 0.1) is 0 Å². The topological polar surface area (TPSA) is 61.2 Å². The maximum atomic E-state index is 11.4. The van der Waals surface area contributed by atoms with Gasteiger partial charge in [-0.05, 0) is 24.3 Å². The van der Waals surface area contributed by atoms with E-state index in [9.17, 15) is 8.42 Å². The molecule has 19 heavy (non-hydrogen) atoms. The first-order valence-electron chi connectivity index (χ1n) is 5.22. The molecule has 2 rings (SSSR count). The lowest BCUT2D eigenvalue weighted by molar-refractivity contribution is 0.292. The van der Waals surface area contributed by atoms with Crippen LogP contribution in [0.15, 0.2) is 35.4 Å². The molecule has 0 atom stereocenters. The zero-order valence-corrected chi connectivity index (χ0v) is 12.2. The van der Waals surface area contributed by atoms with E-state index in [2.05, 4.69) is 5.10 Å². The molecule has 0 saturated heterocycles. The van der Waals surface area contributed by atoms with E-state index in [0.717, 1.165) is 0 Å². The zero-order chi connectivity index (χ0) is 14.0. The van der Waals surface area contributed by atoms with E-state index in [4.69, 9.17) is 27.0 Å². The molecule has 0 aliphatic heterocycles. The summed E-state index contributed by atoms with van der Waals surface area (Å²) in [4.78, 5) is -0.155. The number of halogens is 2. The minimum atomic E-state index is -3.92. The molecule has 0 spiro atoms. The van der Waals surface area contributed by atoms with Crippen molar-refractivity contribution in [1.29, 1.82) is 0 Å². The lowest BCUT2D eigenvalue weighted by Crippen LogP contribution is -2.02. The maximum Gasteiger partial charge on any atom is 0.265 e. The van der Waals surface area contributed by atoms with E-state index in [1.807, 2.05) is 0 Å². The standard InChI is InChI=1S/C11H10Cl2N2O3S/c1-15-5-4-9(14-15)7-18-10-3-2-8(12)6-11(10)19(13,16)17/h2-6H,7H2,1H3. The van der Waals surface area contributed by atoms with Crippen molar-refractivity contribution in [2.75, 3.05) is 0 Å². The minimum absolute atomic E-state index is 0.141. The van der Waals surface area contributed by atoms with Gasteiger partial charge in [0.25, 0.3) is 9.05 Å². The number of rotatable bonds is 4. The fourth-order valence-electron chi connectivity index (χ4n) is 1.48. The Morgan fingerprint density at radius 3 is 2.68 bits per heavy atom. The molecular formula is C11H10Cl2N2O3S. The fraction of sp³-hybridized carbons (Fsp3) is 0.182. The van der Waals surface area contributed by atoms with E-state index < -0.39 is 9.05 Å². The van der Waals surface area contributed by atoms with Crippen LogP contribution in [0.25, 0.3) is 0 Å². The van der Waals surface area contributed by atoms with Crippen LogP contribution in [0.4, 0.5) is 0 Å². The van der Waals surface area contributed by atoms with E-state index >= 15 is 0 Å². The molecule has 0 amide bonds. The smallest absolute Gasteiger partial charge is 0.265 e. The SMILES string of the molecule is Cn1ccc(COc2ccc(Cl)cc2S(=O)(=O)Cl)n1. The number of aromatic nitrogens is 2. The average molecular weight is 321 g/mol. The van der Waals surface area contributed by atoms with E-state index in [1.165, 1.54) is 18.2 Å². The highest BCUT2D eigenvalue weighted by Crippen LogP contribution is 2.30. The highest BCUT2D eigenvalue weighted by molar-refractivity contribution is 8.13. The predicted molar refractivity (Wildman–Crippen MR) is 72.0 cm³/mol. The fourth-order valence-corrected chi connectivity index (χ4v) is 2.72. The van der Waals surface area contributed by atoms with Crippen molar-refractivity contribution in [3.8, 4) is 5.75 Å². The van der Waals surface area contributed by atoms with Crippen molar-refractivity contribution >= 4 is 31.3 Å². The van der Waals surface area contributed by atoms with Crippen molar-refractivity contribution < 1.29 is 13.2 Å². The Morgan fingerprint density at radius 2 is 2.11 bits per heavy atom. The van der Waals surface area contributed by atoms with Gasteiger partial charge in [-0.3, -0.25) is 4.68 Å². The Morgan fingerprint density at radius 1 is 1.37 bits per heavy atom. The van der Waals surface area contributed by atoms with E-state index in [-0.39, 0.29) is 22.3 Å². The molecule has 1 aromatic carbocycles. The quantitative estimate of drug-likeness (QED) is 0.812. The zero-order valence-electron chi connectivity index (χ0n) is 9.88. The van der Waals surface area contributed by atoms with Gasteiger partial charge in [-0.2, -0.15) is 5.10 Å². The van der Waals surface area contributed by atoms with Crippen molar-refractivity contribution in [1.82, 2.24) is 9.78 Å². The number of hydrogen-bond donors (Lipinski definition) is 0. The second-order valence-electron chi connectivity index (χ2n) is 3.80. The molecule has 0 fully saturated rings. The molecule has 8 heteroatoms. The first-order chi connectivity index (χ1) is 8.86. The molecule has 5 nitrogen and oxygen atoms in total. The highest BCUT2D eigenvalue weighted by atomic mass is 35.7. The number of aryl methyl sites for hydroxylation is 1. The van der Waals surface area contributed by atoms with Crippen molar-refractivity contribution in [2.45, 2.75) is 11.5 Å². The molecule has 0 radical (unpaired) electrons. The van der Waals surface area contributed by atoms with Crippen LogP contribution in [0.5, 0.6) is 5.75 Å². The van der Waals surface area contributed by atoms with Crippen molar-refractivity contribution in [3.63, 3.8) is 0 Å². The van der Waals surface area contributed by atoms with Gasteiger partial charge >= 0.3 is 0 Å². The summed E-state index contributed by atoms with van der Waals surface area (Å²) in [5.74, 6) is 0.144. The summed E-state index contributed by atoms with van der Waals surface area (Å²) in [6, 6.07) is 6.00. The first-order valence-corrected chi connectivity index (χ1v) is 7.90. The molecule has 1 heterocycles. The third kappa shape index (κ3) is 3.62.